The molecule has 2 aromatic rings. The number of aryl methyl sites for hydroxylation is 1. The molecular weight excluding hydrogens is 386 g/mol. The van der Waals surface area contributed by atoms with Crippen LogP contribution in [-0.2, 0) is 10.0 Å². The molecule has 0 atom stereocenters. The molecule has 2 aromatic carbocycles. The van der Waals surface area contributed by atoms with E-state index >= 15 is 0 Å². The maximum absolute atomic E-state index is 12.8. The minimum absolute atomic E-state index is 0.0930. The van der Waals surface area contributed by atoms with Crippen molar-refractivity contribution in [3.05, 3.63) is 76.8 Å². The van der Waals surface area contributed by atoms with Gasteiger partial charge in [-0.1, -0.05) is 70.2 Å². The van der Waals surface area contributed by atoms with Crippen molar-refractivity contribution in [2.75, 3.05) is 13.1 Å². The zero-order chi connectivity index (χ0) is 17.6. The molecule has 0 unspecified atom stereocenters. The molecule has 24 heavy (non-hydrogen) atoms. The highest BCUT2D eigenvalue weighted by atomic mass is 79.9. The molecule has 0 radical (unpaired) electrons. The molecule has 0 aliphatic heterocycles. The van der Waals surface area contributed by atoms with E-state index in [1.165, 1.54) is 4.31 Å². The number of hydrogen-bond donors (Lipinski definition) is 0. The minimum atomic E-state index is -3.63. The predicted octanol–water partition coefficient (Wildman–Crippen LogP) is 3.95. The summed E-state index contributed by atoms with van der Waals surface area (Å²) in [4.78, 5) is 0.253. The Morgan fingerprint density at radius 2 is 1.75 bits per heavy atom. The summed E-state index contributed by atoms with van der Waals surface area (Å²) >= 11 is 3.24. The third-order valence-electron chi connectivity index (χ3n) is 3.27. The van der Waals surface area contributed by atoms with E-state index in [1.807, 2.05) is 37.3 Å². The van der Waals surface area contributed by atoms with Crippen molar-refractivity contribution < 1.29 is 8.42 Å². The van der Waals surface area contributed by atoms with Crippen LogP contribution in [0.3, 0.4) is 0 Å². The van der Waals surface area contributed by atoms with Crippen LogP contribution < -0.4 is 0 Å². The van der Waals surface area contributed by atoms with Crippen LogP contribution >= 0.6 is 15.9 Å². The Morgan fingerprint density at radius 1 is 1.12 bits per heavy atom. The lowest BCUT2D eigenvalue weighted by Crippen LogP contribution is -2.32. The topological polar surface area (TPSA) is 37.4 Å². The molecule has 0 amide bonds. The van der Waals surface area contributed by atoms with E-state index in [2.05, 4.69) is 34.3 Å². The van der Waals surface area contributed by atoms with Gasteiger partial charge in [-0.2, -0.15) is 4.31 Å². The zero-order valence-electron chi connectivity index (χ0n) is 13.4. The van der Waals surface area contributed by atoms with Gasteiger partial charge in [-0.25, -0.2) is 8.42 Å². The van der Waals surface area contributed by atoms with E-state index in [1.54, 1.807) is 24.3 Å². The Hall–Kier alpha value is -1.87. The Bertz CT molecular complexity index is 863. The van der Waals surface area contributed by atoms with Crippen LogP contribution in [0.15, 0.2) is 70.6 Å². The van der Waals surface area contributed by atoms with Crippen LogP contribution in [0, 0.1) is 18.8 Å². The number of halogens is 1. The lowest BCUT2D eigenvalue weighted by Gasteiger charge is -2.19. The molecule has 0 bridgehead atoms. The SMILES string of the molecule is C=C(Br)CN(CC#Cc1ccccc1)S(=O)(=O)c1ccc(C)cc1. The van der Waals surface area contributed by atoms with E-state index in [4.69, 9.17) is 0 Å². The summed E-state index contributed by atoms with van der Waals surface area (Å²) in [6.07, 6.45) is 0. The van der Waals surface area contributed by atoms with Crippen molar-refractivity contribution >= 4 is 26.0 Å². The Morgan fingerprint density at radius 3 is 2.33 bits per heavy atom. The minimum Gasteiger partial charge on any atom is -0.207 e. The molecule has 0 saturated heterocycles. The first kappa shape index (κ1) is 18.5. The number of benzene rings is 2. The summed E-state index contributed by atoms with van der Waals surface area (Å²) in [6.45, 7) is 5.92. The second-order valence-corrected chi connectivity index (χ2v) is 8.33. The van der Waals surface area contributed by atoms with Crippen molar-refractivity contribution in [2.24, 2.45) is 0 Å². The van der Waals surface area contributed by atoms with Crippen molar-refractivity contribution in [3.63, 3.8) is 0 Å². The summed E-state index contributed by atoms with van der Waals surface area (Å²) in [5.41, 5.74) is 1.86. The molecule has 0 spiro atoms. The number of nitrogens with zero attached hydrogens (tertiary/aromatic N) is 1. The van der Waals surface area contributed by atoms with E-state index in [0.29, 0.717) is 4.48 Å². The fourth-order valence-electron chi connectivity index (χ4n) is 2.03. The first-order chi connectivity index (χ1) is 11.4. The molecule has 0 saturated carbocycles. The normalized spacial score (nSPS) is 11.0. The average molecular weight is 404 g/mol. The van der Waals surface area contributed by atoms with E-state index < -0.39 is 10.0 Å². The van der Waals surface area contributed by atoms with E-state index in [-0.39, 0.29) is 18.0 Å². The van der Waals surface area contributed by atoms with Gasteiger partial charge in [-0.3, -0.25) is 0 Å². The number of rotatable bonds is 5. The molecule has 2 rings (SSSR count). The second kappa shape index (κ2) is 8.29. The van der Waals surface area contributed by atoms with Crippen molar-refractivity contribution in [1.29, 1.82) is 0 Å². The highest BCUT2D eigenvalue weighted by Gasteiger charge is 2.23. The molecule has 0 heterocycles. The third-order valence-corrected chi connectivity index (χ3v) is 5.33. The fraction of sp³-hybridized carbons (Fsp3) is 0.158. The highest BCUT2D eigenvalue weighted by molar-refractivity contribution is 9.11. The van der Waals surface area contributed by atoms with Gasteiger partial charge in [0.15, 0.2) is 0 Å². The molecule has 0 N–H and O–H groups in total. The maximum atomic E-state index is 12.8. The summed E-state index contributed by atoms with van der Waals surface area (Å²) in [5.74, 6) is 5.91. The number of hydrogen-bond acceptors (Lipinski definition) is 2. The van der Waals surface area contributed by atoms with E-state index in [0.717, 1.165) is 11.1 Å². The van der Waals surface area contributed by atoms with Gasteiger partial charge in [-0.05, 0) is 31.2 Å². The fourth-order valence-corrected chi connectivity index (χ4v) is 3.83. The van der Waals surface area contributed by atoms with Crippen molar-refractivity contribution in [1.82, 2.24) is 4.31 Å². The molecule has 0 aliphatic carbocycles. The summed E-state index contributed by atoms with van der Waals surface area (Å²) < 4.78 is 27.5. The monoisotopic (exact) mass is 403 g/mol. The molecule has 0 fully saturated rings. The van der Waals surface area contributed by atoms with Crippen LogP contribution in [0.4, 0.5) is 0 Å². The molecule has 124 valence electrons. The summed E-state index contributed by atoms with van der Waals surface area (Å²) in [7, 11) is -3.63. The molecule has 3 nitrogen and oxygen atoms in total. The first-order valence-electron chi connectivity index (χ1n) is 7.33. The van der Waals surface area contributed by atoms with Gasteiger partial charge in [0, 0.05) is 16.6 Å². The maximum Gasteiger partial charge on any atom is 0.244 e. The molecule has 0 aliphatic rings. The van der Waals surface area contributed by atoms with Crippen LogP contribution in [0.1, 0.15) is 11.1 Å². The third kappa shape index (κ3) is 5.07. The van der Waals surface area contributed by atoms with Gasteiger partial charge < -0.3 is 0 Å². The Kier molecular flexibility index (Phi) is 6.38. The van der Waals surface area contributed by atoms with Gasteiger partial charge in [-0.15, -0.1) is 0 Å². The quantitative estimate of drug-likeness (QED) is 0.708. The molecule has 5 heteroatoms. The highest BCUT2D eigenvalue weighted by Crippen LogP contribution is 2.18. The summed E-state index contributed by atoms with van der Waals surface area (Å²) in [5, 5.41) is 0. The standard InChI is InChI=1S/C19H18BrNO2S/c1-16-10-12-19(13-11-16)24(22,23)21(15-17(2)20)14-6-9-18-7-4-3-5-8-18/h3-5,7-8,10-13H,2,14-15H2,1H3. The lowest BCUT2D eigenvalue weighted by molar-refractivity contribution is 0.477. The largest absolute Gasteiger partial charge is 0.244 e. The molecule has 0 aromatic heterocycles. The van der Waals surface area contributed by atoms with Crippen molar-refractivity contribution in [2.45, 2.75) is 11.8 Å². The average Bonchev–Trinajstić information content (AvgIpc) is 2.55. The number of sulfonamides is 1. The van der Waals surface area contributed by atoms with E-state index in [9.17, 15) is 8.42 Å². The van der Waals surface area contributed by atoms with Crippen LogP contribution in [0.25, 0.3) is 0 Å². The van der Waals surface area contributed by atoms with Gasteiger partial charge in [0.2, 0.25) is 10.0 Å². The Balaban J connectivity index is 2.26. The van der Waals surface area contributed by atoms with Gasteiger partial charge in [0.1, 0.15) is 0 Å². The van der Waals surface area contributed by atoms with Crippen LogP contribution in [0.2, 0.25) is 0 Å². The van der Waals surface area contributed by atoms with Crippen molar-refractivity contribution in [3.8, 4) is 11.8 Å². The Labute approximate surface area is 152 Å². The van der Waals surface area contributed by atoms with Crippen LogP contribution in [-0.4, -0.2) is 25.8 Å². The smallest absolute Gasteiger partial charge is 0.207 e. The lowest BCUT2D eigenvalue weighted by atomic mass is 10.2. The van der Waals surface area contributed by atoms with Gasteiger partial charge >= 0.3 is 0 Å². The second-order valence-electron chi connectivity index (χ2n) is 5.27. The van der Waals surface area contributed by atoms with Gasteiger partial charge in [0.25, 0.3) is 0 Å². The van der Waals surface area contributed by atoms with Crippen LogP contribution in [0.5, 0.6) is 0 Å². The summed E-state index contributed by atoms with van der Waals surface area (Å²) in [6, 6.07) is 16.3. The first-order valence-corrected chi connectivity index (χ1v) is 9.57. The van der Waals surface area contributed by atoms with Gasteiger partial charge in [0.05, 0.1) is 11.4 Å². The zero-order valence-corrected chi connectivity index (χ0v) is 15.8. The molecular formula is C19H18BrNO2S. The predicted molar refractivity (Wildman–Crippen MR) is 101 cm³/mol.